The van der Waals surface area contributed by atoms with Crippen LogP contribution in [-0.4, -0.2) is 30.4 Å². The lowest BCUT2D eigenvalue weighted by molar-refractivity contribution is -0.663. The fourth-order valence-electron chi connectivity index (χ4n) is 4.92. The van der Waals surface area contributed by atoms with Crippen molar-refractivity contribution < 1.29 is 27.3 Å². The summed E-state index contributed by atoms with van der Waals surface area (Å²) < 4.78 is 6.27. The standard InChI is InChI=1S/C24H31N3O2S.ClH/c1-2-6-17(7-3-1)15-28-22-9-5-4-8-19(22)23-14-20(27-29-23)21-16-30-24(26-21)18-10-12-25-13-11-18;/h4-5,8-9,16-18,23,25H,1-3,6-7,10-15H2;1H. The van der Waals surface area contributed by atoms with Gasteiger partial charge in [0.2, 0.25) is 0 Å². The van der Waals surface area contributed by atoms with Crippen molar-refractivity contribution in [3.05, 3.63) is 45.9 Å². The average Bonchev–Trinajstić information content (AvgIpc) is 3.49. The van der Waals surface area contributed by atoms with Gasteiger partial charge in [-0.3, -0.25) is 0 Å². The highest BCUT2D eigenvalue weighted by Crippen LogP contribution is 2.36. The van der Waals surface area contributed by atoms with Gasteiger partial charge in [-0.15, -0.1) is 11.3 Å². The largest absolute Gasteiger partial charge is 1.00 e. The summed E-state index contributed by atoms with van der Waals surface area (Å²) in [7, 11) is 0. The molecule has 3 heterocycles. The van der Waals surface area contributed by atoms with Crippen molar-refractivity contribution in [2.75, 3.05) is 19.7 Å². The molecule has 5 rings (SSSR count). The van der Waals surface area contributed by atoms with Crippen LogP contribution in [0.15, 0.2) is 34.8 Å². The van der Waals surface area contributed by atoms with Gasteiger partial charge in [-0.2, -0.15) is 0 Å². The second kappa shape index (κ2) is 10.8. The van der Waals surface area contributed by atoms with E-state index in [1.165, 1.54) is 63.0 Å². The topological polar surface area (TPSA) is 60.3 Å². The van der Waals surface area contributed by atoms with Gasteiger partial charge >= 0.3 is 0 Å². The molecule has 2 aliphatic heterocycles. The molecular weight excluding hydrogens is 430 g/mol. The molecular formula is C24H32ClN3O2S. The van der Waals surface area contributed by atoms with E-state index >= 15 is 0 Å². The molecule has 0 spiro atoms. The molecule has 0 amide bonds. The first-order chi connectivity index (χ1) is 14.9. The zero-order valence-electron chi connectivity index (χ0n) is 18.0. The average molecular weight is 462 g/mol. The Bertz CT molecular complexity index is 875. The molecule has 1 aliphatic carbocycles. The number of aromatic nitrogens is 1. The number of nitrogens with two attached hydrogens (primary N) is 1. The molecule has 2 aromatic rings. The fourth-order valence-corrected chi connectivity index (χ4v) is 5.92. The van der Waals surface area contributed by atoms with Crippen LogP contribution in [0.5, 0.6) is 5.75 Å². The summed E-state index contributed by atoms with van der Waals surface area (Å²) in [5.41, 5.74) is 3.06. The van der Waals surface area contributed by atoms with Crippen LogP contribution in [0.4, 0.5) is 0 Å². The zero-order valence-corrected chi connectivity index (χ0v) is 19.5. The Morgan fingerprint density at radius 3 is 2.71 bits per heavy atom. The third-order valence-corrected chi connectivity index (χ3v) is 7.75. The Kier molecular flexibility index (Phi) is 7.86. The summed E-state index contributed by atoms with van der Waals surface area (Å²) in [5, 5.41) is 10.2. The number of hydrogen-bond acceptors (Lipinski definition) is 5. The Morgan fingerprint density at radius 2 is 1.87 bits per heavy atom. The maximum atomic E-state index is 6.27. The van der Waals surface area contributed by atoms with Crippen LogP contribution in [0.1, 0.15) is 79.7 Å². The van der Waals surface area contributed by atoms with E-state index in [0.29, 0.717) is 11.8 Å². The molecule has 3 aliphatic rings. The molecule has 31 heavy (non-hydrogen) atoms. The highest BCUT2D eigenvalue weighted by Gasteiger charge is 2.29. The van der Waals surface area contributed by atoms with Gasteiger partial charge in [0.25, 0.3) is 0 Å². The van der Waals surface area contributed by atoms with Crippen LogP contribution in [0.2, 0.25) is 0 Å². The van der Waals surface area contributed by atoms with Crippen molar-refractivity contribution in [2.45, 2.75) is 63.4 Å². The second-order valence-electron chi connectivity index (χ2n) is 8.90. The van der Waals surface area contributed by atoms with Gasteiger partial charge in [-0.25, -0.2) is 4.98 Å². The molecule has 0 bridgehead atoms. The van der Waals surface area contributed by atoms with Gasteiger partial charge in [0.05, 0.1) is 30.4 Å². The Morgan fingerprint density at radius 1 is 1.06 bits per heavy atom. The fraction of sp³-hybridized carbons (Fsp3) is 0.583. The molecule has 1 atom stereocenters. The minimum absolute atomic E-state index is 0. The van der Waals surface area contributed by atoms with E-state index in [1.54, 1.807) is 11.3 Å². The van der Waals surface area contributed by atoms with Gasteiger partial charge in [0.15, 0.2) is 6.10 Å². The first-order valence-electron chi connectivity index (χ1n) is 11.6. The molecule has 2 fully saturated rings. The third-order valence-electron chi connectivity index (χ3n) is 6.74. The minimum Gasteiger partial charge on any atom is -1.00 e. The van der Waals surface area contributed by atoms with Crippen LogP contribution in [0.3, 0.4) is 0 Å². The number of rotatable bonds is 6. The Balaban J connectivity index is 0.00000231. The SMILES string of the molecule is [Cl-].c1ccc(C2CC(c3csc(C4CC[NH2+]CC4)n3)=NO2)c(OCC2CCCCC2)c1. The predicted molar refractivity (Wildman–Crippen MR) is 119 cm³/mol. The summed E-state index contributed by atoms with van der Waals surface area (Å²) in [5.74, 6) is 2.25. The van der Waals surface area contributed by atoms with Gasteiger partial charge in [-0.1, -0.05) is 42.6 Å². The lowest BCUT2D eigenvalue weighted by atomic mass is 9.90. The third kappa shape index (κ3) is 5.41. The molecule has 0 radical (unpaired) electrons. The first-order valence-corrected chi connectivity index (χ1v) is 12.5. The van der Waals surface area contributed by atoms with E-state index in [2.05, 4.69) is 34.1 Å². The number of benzene rings is 1. The van der Waals surface area contributed by atoms with E-state index in [4.69, 9.17) is 14.6 Å². The molecule has 1 saturated heterocycles. The number of quaternary nitrogens is 1. The van der Waals surface area contributed by atoms with E-state index in [-0.39, 0.29) is 18.5 Å². The molecule has 168 valence electrons. The van der Waals surface area contributed by atoms with E-state index in [0.717, 1.165) is 35.7 Å². The van der Waals surface area contributed by atoms with Crippen LogP contribution in [0.25, 0.3) is 0 Å². The summed E-state index contributed by atoms with van der Waals surface area (Å²) >= 11 is 1.78. The Hall–Kier alpha value is -1.63. The van der Waals surface area contributed by atoms with Gasteiger partial charge in [0, 0.05) is 36.1 Å². The summed E-state index contributed by atoms with van der Waals surface area (Å²) in [6.07, 6.45) is 9.76. The highest BCUT2D eigenvalue weighted by atomic mass is 35.5. The van der Waals surface area contributed by atoms with E-state index in [9.17, 15) is 0 Å². The van der Waals surface area contributed by atoms with Crippen LogP contribution in [-0.2, 0) is 4.84 Å². The van der Waals surface area contributed by atoms with Crippen molar-refractivity contribution in [2.24, 2.45) is 11.1 Å². The molecule has 1 aromatic heterocycles. The summed E-state index contributed by atoms with van der Waals surface area (Å²) in [6.45, 7) is 3.23. The molecule has 7 heteroatoms. The zero-order chi connectivity index (χ0) is 20.2. The number of ether oxygens (including phenoxy) is 1. The quantitative estimate of drug-likeness (QED) is 0.707. The number of halogens is 1. The molecule has 5 nitrogen and oxygen atoms in total. The van der Waals surface area contributed by atoms with Crippen molar-refractivity contribution in [1.82, 2.24) is 4.98 Å². The predicted octanol–water partition coefficient (Wildman–Crippen LogP) is 1.41. The molecule has 1 unspecified atom stereocenters. The maximum absolute atomic E-state index is 6.27. The number of para-hydroxylation sites is 1. The number of nitrogens with zero attached hydrogens (tertiary/aromatic N) is 2. The molecule has 1 saturated carbocycles. The second-order valence-corrected chi connectivity index (χ2v) is 9.79. The van der Waals surface area contributed by atoms with Gasteiger partial charge in [0.1, 0.15) is 11.5 Å². The monoisotopic (exact) mass is 461 g/mol. The minimum atomic E-state index is -0.0861. The number of hydrogen-bond donors (Lipinski definition) is 1. The Labute approximate surface area is 195 Å². The lowest BCUT2D eigenvalue weighted by Gasteiger charge is -2.23. The normalized spacial score (nSPS) is 22.5. The summed E-state index contributed by atoms with van der Waals surface area (Å²) in [4.78, 5) is 10.8. The van der Waals surface area contributed by atoms with Crippen molar-refractivity contribution in [1.29, 1.82) is 0 Å². The van der Waals surface area contributed by atoms with Crippen molar-refractivity contribution in [3.8, 4) is 5.75 Å². The highest BCUT2D eigenvalue weighted by molar-refractivity contribution is 7.09. The van der Waals surface area contributed by atoms with Crippen LogP contribution in [0, 0.1) is 5.92 Å². The number of piperidine rings is 1. The van der Waals surface area contributed by atoms with E-state index < -0.39 is 0 Å². The lowest BCUT2D eigenvalue weighted by Crippen LogP contribution is -3.00. The van der Waals surface area contributed by atoms with Crippen molar-refractivity contribution in [3.63, 3.8) is 0 Å². The van der Waals surface area contributed by atoms with Gasteiger partial charge < -0.3 is 27.3 Å². The maximum Gasteiger partial charge on any atom is 0.161 e. The van der Waals surface area contributed by atoms with Crippen LogP contribution < -0.4 is 22.5 Å². The molecule has 2 N–H and O–H groups in total. The number of oxime groups is 1. The van der Waals surface area contributed by atoms with Crippen molar-refractivity contribution >= 4 is 17.0 Å². The van der Waals surface area contributed by atoms with Crippen LogP contribution >= 0.6 is 11.3 Å². The smallest absolute Gasteiger partial charge is 0.161 e. The number of thiazole rings is 1. The van der Waals surface area contributed by atoms with E-state index in [1.807, 2.05) is 6.07 Å². The summed E-state index contributed by atoms with van der Waals surface area (Å²) in [6, 6.07) is 8.29. The molecule has 1 aromatic carbocycles. The van der Waals surface area contributed by atoms with Gasteiger partial charge in [-0.05, 0) is 24.8 Å². The first kappa shape index (κ1) is 22.6.